The van der Waals surface area contributed by atoms with Gasteiger partial charge in [0.15, 0.2) is 0 Å². The maximum atomic E-state index is 13.0. The van der Waals surface area contributed by atoms with Crippen LogP contribution in [-0.4, -0.2) is 55.6 Å². The normalized spacial score (nSPS) is 15.7. The number of hydrogen-bond acceptors (Lipinski definition) is 5. The van der Waals surface area contributed by atoms with E-state index < -0.39 is 15.9 Å². The summed E-state index contributed by atoms with van der Waals surface area (Å²) in [5.41, 5.74) is 6.02. The van der Waals surface area contributed by atoms with Gasteiger partial charge in [-0.15, -0.1) is 0 Å². The highest BCUT2D eigenvalue weighted by Gasteiger charge is 2.28. The summed E-state index contributed by atoms with van der Waals surface area (Å²) in [5.74, 6) is -0.794. The Bertz CT molecular complexity index is 1060. The minimum absolute atomic E-state index is 0.146. The molecule has 2 aromatic carbocycles. The van der Waals surface area contributed by atoms with Crippen LogP contribution in [0.25, 0.3) is 0 Å². The summed E-state index contributed by atoms with van der Waals surface area (Å²) in [4.78, 5) is 26.5. The molecule has 1 fully saturated rings. The lowest BCUT2D eigenvalue weighted by molar-refractivity contribution is -0.123. The first-order valence-electron chi connectivity index (χ1n) is 11.0. The molecule has 0 aliphatic carbocycles. The molecular weight excluding hydrogens is 440 g/mol. The summed E-state index contributed by atoms with van der Waals surface area (Å²) in [6.45, 7) is 8.72. The maximum Gasteiger partial charge on any atom is 0.269 e. The first-order chi connectivity index (χ1) is 15.5. The number of benzene rings is 2. The molecule has 0 spiro atoms. The van der Waals surface area contributed by atoms with Gasteiger partial charge in [-0.2, -0.15) is 4.31 Å². The molecule has 2 amide bonds. The molecule has 8 nitrogen and oxygen atoms in total. The Kier molecular flexibility index (Phi) is 7.88. The second-order valence-electron chi connectivity index (χ2n) is 9.43. The van der Waals surface area contributed by atoms with Crippen molar-refractivity contribution in [2.45, 2.75) is 38.6 Å². The van der Waals surface area contributed by atoms with Crippen LogP contribution in [0.15, 0.2) is 59.5 Å². The predicted molar refractivity (Wildman–Crippen MR) is 127 cm³/mol. The smallest absolute Gasteiger partial charge is 0.269 e. The number of sulfonamides is 1. The quantitative estimate of drug-likeness (QED) is 0.629. The zero-order chi connectivity index (χ0) is 24.1. The molecule has 1 heterocycles. The summed E-state index contributed by atoms with van der Waals surface area (Å²) in [7, 11) is -3.64. The van der Waals surface area contributed by atoms with Crippen LogP contribution in [0.3, 0.4) is 0 Å². The lowest BCUT2D eigenvalue weighted by atomic mass is 9.92. The topological polar surface area (TPSA) is 98.8 Å². The standard InChI is InChI=1S/C24H32N4O4S/c1-24(2,3)17-22(29)25-26-23(30)20-9-11-21(12-10-20)33(31,32)28-15-13-27(14-16-28)18-19-7-5-4-6-8-19/h4-12H,13-18H2,1-3H3,(H,25,29)(H,26,30). The van der Waals surface area contributed by atoms with Crippen molar-refractivity contribution >= 4 is 21.8 Å². The van der Waals surface area contributed by atoms with Gasteiger partial charge in [0.05, 0.1) is 4.90 Å². The first kappa shape index (κ1) is 24.9. The van der Waals surface area contributed by atoms with Crippen molar-refractivity contribution in [3.63, 3.8) is 0 Å². The van der Waals surface area contributed by atoms with Crippen LogP contribution in [0.2, 0.25) is 0 Å². The third kappa shape index (κ3) is 7.12. The zero-order valence-corrected chi connectivity index (χ0v) is 20.2. The number of rotatable bonds is 6. The molecule has 1 aliphatic rings. The zero-order valence-electron chi connectivity index (χ0n) is 19.4. The summed E-state index contributed by atoms with van der Waals surface area (Å²) in [5, 5.41) is 0. The summed E-state index contributed by atoms with van der Waals surface area (Å²) >= 11 is 0. The van der Waals surface area contributed by atoms with Gasteiger partial charge in [0.2, 0.25) is 15.9 Å². The van der Waals surface area contributed by atoms with Gasteiger partial charge in [-0.1, -0.05) is 51.1 Å². The van der Waals surface area contributed by atoms with Crippen molar-refractivity contribution in [1.82, 2.24) is 20.1 Å². The predicted octanol–water partition coefficient (Wildman–Crippen LogP) is 2.39. The number of carbonyl (C=O) groups is 2. The molecule has 3 rings (SSSR count). The minimum Gasteiger partial charge on any atom is -0.296 e. The second-order valence-corrected chi connectivity index (χ2v) is 11.4. The van der Waals surface area contributed by atoms with Gasteiger partial charge in [-0.25, -0.2) is 8.42 Å². The van der Waals surface area contributed by atoms with E-state index >= 15 is 0 Å². The highest BCUT2D eigenvalue weighted by Crippen LogP contribution is 2.20. The molecule has 2 aromatic rings. The van der Waals surface area contributed by atoms with Crippen molar-refractivity contribution < 1.29 is 18.0 Å². The van der Waals surface area contributed by atoms with Gasteiger partial charge in [0.1, 0.15) is 0 Å². The molecule has 2 N–H and O–H groups in total. The van der Waals surface area contributed by atoms with E-state index in [0.717, 1.165) is 6.54 Å². The van der Waals surface area contributed by atoms with Crippen LogP contribution in [0.4, 0.5) is 0 Å². The monoisotopic (exact) mass is 472 g/mol. The summed E-state index contributed by atoms with van der Waals surface area (Å²) < 4.78 is 27.5. The van der Waals surface area contributed by atoms with Crippen molar-refractivity contribution in [2.24, 2.45) is 5.41 Å². The Morgan fingerprint density at radius 1 is 0.879 bits per heavy atom. The van der Waals surface area contributed by atoms with E-state index in [2.05, 4.69) is 27.9 Å². The Balaban J connectivity index is 1.54. The van der Waals surface area contributed by atoms with Crippen molar-refractivity contribution in [3.05, 3.63) is 65.7 Å². The first-order valence-corrected chi connectivity index (χ1v) is 12.4. The second kappa shape index (κ2) is 10.5. The number of hydrazine groups is 1. The number of nitrogens with one attached hydrogen (secondary N) is 2. The molecule has 9 heteroatoms. The average molecular weight is 473 g/mol. The largest absolute Gasteiger partial charge is 0.296 e. The van der Waals surface area contributed by atoms with E-state index in [1.165, 1.54) is 34.1 Å². The van der Waals surface area contributed by atoms with Crippen molar-refractivity contribution in [1.29, 1.82) is 0 Å². The molecule has 33 heavy (non-hydrogen) atoms. The molecule has 1 aliphatic heterocycles. The number of nitrogens with zero attached hydrogens (tertiary/aromatic N) is 2. The third-order valence-corrected chi connectivity index (χ3v) is 7.25. The molecular formula is C24H32N4O4S. The molecule has 0 bridgehead atoms. The molecule has 0 unspecified atom stereocenters. The molecule has 0 atom stereocenters. The SMILES string of the molecule is CC(C)(C)CC(=O)NNC(=O)c1ccc(S(=O)(=O)N2CCN(Cc3ccccc3)CC2)cc1. The van der Waals surface area contributed by atoms with Gasteiger partial charge < -0.3 is 0 Å². The fraction of sp³-hybridized carbons (Fsp3) is 0.417. The maximum absolute atomic E-state index is 13.0. The van der Waals surface area contributed by atoms with Gasteiger partial charge >= 0.3 is 0 Å². The van der Waals surface area contributed by atoms with E-state index in [4.69, 9.17) is 0 Å². The highest BCUT2D eigenvalue weighted by molar-refractivity contribution is 7.89. The van der Waals surface area contributed by atoms with Crippen LogP contribution in [0.5, 0.6) is 0 Å². The van der Waals surface area contributed by atoms with E-state index in [1.54, 1.807) is 0 Å². The van der Waals surface area contributed by atoms with Crippen LogP contribution in [0.1, 0.15) is 43.1 Å². The van der Waals surface area contributed by atoms with Crippen molar-refractivity contribution in [3.8, 4) is 0 Å². The Labute approximate surface area is 196 Å². The summed E-state index contributed by atoms with van der Waals surface area (Å²) in [6, 6.07) is 15.9. The van der Waals surface area contributed by atoms with Crippen LogP contribution in [-0.2, 0) is 21.4 Å². The molecule has 0 radical (unpaired) electrons. The van der Waals surface area contributed by atoms with Gasteiger partial charge in [-0.05, 0) is 35.2 Å². The number of hydrogen-bond donors (Lipinski definition) is 2. The lowest BCUT2D eigenvalue weighted by Gasteiger charge is -2.34. The van der Waals surface area contributed by atoms with Gasteiger partial charge in [0, 0.05) is 44.7 Å². The summed E-state index contributed by atoms with van der Waals surface area (Å²) in [6.07, 6.45) is 0.267. The highest BCUT2D eigenvalue weighted by atomic mass is 32.2. The van der Waals surface area contributed by atoms with E-state index in [0.29, 0.717) is 26.2 Å². The molecule has 178 valence electrons. The van der Waals surface area contributed by atoms with E-state index in [1.807, 2.05) is 39.0 Å². The minimum atomic E-state index is -3.64. The fourth-order valence-corrected chi connectivity index (χ4v) is 5.04. The van der Waals surface area contributed by atoms with Gasteiger partial charge in [0.25, 0.3) is 5.91 Å². The molecule has 1 saturated heterocycles. The van der Waals surface area contributed by atoms with Gasteiger partial charge in [-0.3, -0.25) is 25.3 Å². The Morgan fingerprint density at radius 3 is 2.06 bits per heavy atom. The van der Waals surface area contributed by atoms with Crippen LogP contribution < -0.4 is 10.9 Å². The van der Waals surface area contributed by atoms with Crippen molar-refractivity contribution in [2.75, 3.05) is 26.2 Å². The fourth-order valence-electron chi connectivity index (χ4n) is 3.62. The van der Waals surface area contributed by atoms with E-state index in [9.17, 15) is 18.0 Å². The molecule has 0 saturated carbocycles. The number of piperazine rings is 1. The molecule has 0 aromatic heterocycles. The van der Waals surface area contributed by atoms with Crippen LogP contribution >= 0.6 is 0 Å². The Hall–Kier alpha value is -2.75. The Morgan fingerprint density at radius 2 is 1.48 bits per heavy atom. The van der Waals surface area contributed by atoms with E-state index in [-0.39, 0.29) is 28.2 Å². The third-order valence-electron chi connectivity index (χ3n) is 5.34. The number of carbonyl (C=O) groups excluding carboxylic acids is 2. The van der Waals surface area contributed by atoms with Crippen LogP contribution in [0, 0.1) is 5.41 Å². The lowest BCUT2D eigenvalue weighted by Crippen LogP contribution is -2.48. The number of amides is 2. The average Bonchev–Trinajstić information content (AvgIpc) is 2.77.